The van der Waals surface area contributed by atoms with E-state index >= 15 is 0 Å². The van der Waals surface area contributed by atoms with Crippen LogP contribution in [-0.4, -0.2) is 26.0 Å². The number of amides is 1. The summed E-state index contributed by atoms with van der Waals surface area (Å²) in [7, 11) is 0. The van der Waals surface area contributed by atoms with Crippen LogP contribution in [0.25, 0.3) is 21.1 Å². The second-order valence-corrected chi connectivity index (χ2v) is 9.02. The summed E-state index contributed by atoms with van der Waals surface area (Å²) in [4.78, 5) is 34.9. The first-order chi connectivity index (χ1) is 14.5. The number of nitriles is 1. The van der Waals surface area contributed by atoms with E-state index in [9.17, 15) is 9.59 Å². The molecule has 9 heteroatoms. The lowest BCUT2D eigenvalue weighted by Gasteiger charge is -2.14. The molecule has 4 aromatic rings. The number of carbonyl (C=O) groups excluding carboxylic acids is 2. The van der Waals surface area contributed by atoms with Crippen LogP contribution in [0.4, 0.5) is 5.69 Å². The first-order valence-corrected chi connectivity index (χ1v) is 10.8. The maximum Gasteiger partial charge on any atom is 0.270 e. The van der Waals surface area contributed by atoms with Gasteiger partial charge < -0.3 is 4.98 Å². The van der Waals surface area contributed by atoms with Crippen LogP contribution in [-0.2, 0) is 4.79 Å². The number of aromatic nitrogens is 2. The molecule has 3 heterocycles. The Hall–Kier alpha value is -3.32. The Kier molecular flexibility index (Phi) is 4.47. The molecule has 1 N–H and O–H groups in total. The number of thiazole rings is 1. The van der Waals surface area contributed by atoms with Crippen LogP contribution in [0.5, 0.6) is 0 Å². The number of rotatable bonds is 3. The van der Waals surface area contributed by atoms with Crippen molar-refractivity contribution < 1.29 is 9.59 Å². The smallest absolute Gasteiger partial charge is 0.270 e. The summed E-state index contributed by atoms with van der Waals surface area (Å²) in [6, 6.07) is 12.7. The molecule has 1 amide bonds. The maximum atomic E-state index is 13.0. The van der Waals surface area contributed by atoms with Crippen molar-refractivity contribution in [2.24, 2.45) is 0 Å². The quantitative estimate of drug-likeness (QED) is 0.277. The van der Waals surface area contributed by atoms with Crippen LogP contribution in [0.15, 0.2) is 59.1 Å². The molecule has 30 heavy (non-hydrogen) atoms. The molecule has 1 aliphatic heterocycles. The van der Waals surface area contributed by atoms with Crippen LogP contribution in [0.3, 0.4) is 0 Å². The standard InChI is InChI=1S/C21H10N4O2S3/c22-8-11-1-3-15-13(5-11)14(9-23-15)17(26)7-19-20(27)25(21(28)30-19)12-2-4-16-18(6-12)29-10-24-16/h1-7,9-10,23H/b19-7+. The lowest BCUT2D eigenvalue weighted by atomic mass is 10.1. The van der Waals surface area contributed by atoms with Crippen LogP contribution < -0.4 is 4.90 Å². The van der Waals surface area contributed by atoms with E-state index in [0.717, 1.165) is 27.5 Å². The summed E-state index contributed by atoms with van der Waals surface area (Å²) in [6.45, 7) is 0. The van der Waals surface area contributed by atoms with Gasteiger partial charge in [-0.15, -0.1) is 11.3 Å². The zero-order valence-corrected chi connectivity index (χ0v) is 17.5. The van der Waals surface area contributed by atoms with Crippen molar-refractivity contribution in [3.8, 4) is 6.07 Å². The number of ketones is 1. The maximum absolute atomic E-state index is 13.0. The fourth-order valence-corrected chi connectivity index (χ4v) is 5.24. The van der Waals surface area contributed by atoms with Gasteiger partial charge in [0.2, 0.25) is 0 Å². The Labute approximate surface area is 183 Å². The van der Waals surface area contributed by atoms with Crippen molar-refractivity contribution in [2.75, 3.05) is 4.90 Å². The van der Waals surface area contributed by atoms with E-state index in [2.05, 4.69) is 16.0 Å². The van der Waals surface area contributed by atoms with Crippen molar-refractivity contribution in [2.45, 2.75) is 0 Å². The highest BCUT2D eigenvalue weighted by molar-refractivity contribution is 8.27. The van der Waals surface area contributed by atoms with E-state index in [4.69, 9.17) is 17.5 Å². The predicted molar refractivity (Wildman–Crippen MR) is 123 cm³/mol. The van der Waals surface area contributed by atoms with Gasteiger partial charge in [-0.25, -0.2) is 4.98 Å². The molecule has 0 unspecified atom stereocenters. The van der Waals surface area contributed by atoms with Gasteiger partial charge in [0.1, 0.15) is 0 Å². The third-order valence-electron chi connectivity index (χ3n) is 4.71. The summed E-state index contributed by atoms with van der Waals surface area (Å²) >= 11 is 7.98. The fraction of sp³-hybridized carbons (Fsp3) is 0. The summed E-state index contributed by atoms with van der Waals surface area (Å²) in [5.74, 6) is -0.658. The van der Waals surface area contributed by atoms with Crippen molar-refractivity contribution in [1.82, 2.24) is 9.97 Å². The SMILES string of the molecule is N#Cc1ccc2[nH]cc(C(=O)/C=C3/SC(=S)N(c4ccc5ncsc5c4)C3=O)c2c1. The minimum absolute atomic E-state index is 0.264. The van der Waals surface area contributed by atoms with Gasteiger partial charge >= 0.3 is 0 Å². The zero-order chi connectivity index (χ0) is 20.8. The van der Waals surface area contributed by atoms with Gasteiger partial charge in [0, 0.05) is 28.7 Å². The molecule has 0 aliphatic carbocycles. The number of carbonyl (C=O) groups is 2. The van der Waals surface area contributed by atoms with E-state index in [1.807, 2.05) is 12.1 Å². The number of H-pyrrole nitrogens is 1. The highest BCUT2D eigenvalue weighted by Crippen LogP contribution is 2.36. The second kappa shape index (κ2) is 7.18. The largest absolute Gasteiger partial charge is 0.360 e. The molecule has 1 saturated heterocycles. The monoisotopic (exact) mass is 446 g/mol. The number of hydrogen-bond acceptors (Lipinski definition) is 7. The van der Waals surface area contributed by atoms with Crippen LogP contribution in [0.2, 0.25) is 0 Å². The molecule has 0 bridgehead atoms. The Morgan fingerprint density at radius 1 is 1.27 bits per heavy atom. The number of thioether (sulfide) groups is 1. The molecule has 1 fully saturated rings. The molecule has 6 nitrogen and oxygen atoms in total. The summed E-state index contributed by atoms with van der Waals surface area (Å²) in [6.07, 6.45) is 2.90. The van der Waals surface area contributed by atoms with Gasteiger partial charge in [-0.3, -0.25) is 14.5 Å². The Morgan fingerprint density at radius 3 is 2.97 bits per heavy atom. The van der Waals surface area contributed by atoms with E-state index in [1.165, 1.54) is 22.3 Å². The van der Waals surface area contributed by atoms with Gasteiger partial charge in [-0.05, 0) is 36.4 Å². The molecule has 0 atom stereocenters. The summed E-state index contributed by atoms with van der Waals surface area (Å²) in [5.41, 5.74) is 4.86. The Morgan fingerprint density at radius 2 is 2.13 bits per heavy atom. The topological polar surface area (TPSA) is 89.8 Å². The molecule has 0 radical (unpaired) electrons. The van der Waals surface area contributed by atoms with Crippen molar-refractivity contribution in [3.63, 3.8) is 0 Å². The van der Waals surface area contributed by atoms with E-state index in [1.54, 1.807) is 36.0 Å². The summed E-state index contributed by atoms with van der Waals surface area (Å²) < 4.78 is 1.32. The third kappa shape index (κ3) is 3.02. The van der Waals surface area contributed by atoms with Crippen LogP contribution in [0.1, 0.15) is 15.9 Å². The van der Waals surface area contributed by atoms with Gasteiger partial charge in [-0.1, -0.05) is 24.0 Å². The zero-order valence-electron chi connectivity index (χ0n) is 15.1. The Bertz CT molecular complexity index is 1460. The van der Waals surface area contributed by atoms with Gasteiger partial charge in [-0.2, -0.15) is 5.26 Å². The third-order valence-corrected chi connectivity index (χ3v) is 6.80. The number of anilines is 1. The molecule has 2 aromatic carbocycles. The molecular weight excluding hydrogens is 436 g/mol. The number of allylic oxidation sites excluding steroid dienone is 1. The second-order valence-electron chi connectivity index (χ2n) is 6.46. The van der Waals surface area contributed by atoms with Gasteiger partial charge in [0.05, 0.1) is 38.0 Å². The number of fused-ring (bicyclic) bond motifs is 2. The highest BCUT2D eigenvalue weighted by atomic mass is 32.2. The number of nitrogens with one attached hydrogen (secondary N) is 1. The minimum atomic E-state index is -0.334. The van der Waals surface area contributed by atoms with Crippen LogP contribution >= 0.6 is 35.3 Å². The molecule has 5 rings (SSSR count). The molecule has 0 spiro atoms. The van der Waals surface area contributed by atoms with E-state index in [0.29, 0.717) is 26.5 Å². The molecule has 0 saturated carbocycles. The summed E-state index contributed by atoms with van der Waals surface area (Å²) in [5, 5.41) is 9.76. The lowest BCUT2D eigenvalue weighted by molar-refractivity contribution is -0.113. The Balaban J connectivity index is 1.49. The first-order valence-electron chi connectivity index (χ1n) is 8.72. The van der Waals surface area contributed by atoms with Crippen molar-refractivity contribution >= 4 is 78.1 Å². The number of thiocarbonyl (C=S) groups is 1. The van der Waals surface area contributed by atoms with E-state index < -0.39 is 0 Å². The average molecular weight is 447 g/mol. The first kappa shape index (κ1) is 18.7. The molecule has 1 aliphatic rings. The van der Waals surface area contributed by atoms with Gasteiger partial charge in [0.25, 0.3) is 5.91 Å². The van der Waals surface area contributed by atoms with Gasteiger partial charge in [0.15, 0.2) is 10.1 Å². The average Bonchev–Trinajstić information content (AvgIpc) is 3.44. The lowest BCUT2D eigenvalue weighted by Crippen LogP contribution is -2.27. The number of aromatic amines is 1. The molecule has 2 aromatic heterocycles. The fourth-order valence-electron chi connectivity index (χ4n) is 3.26. The van der Waals surface area contributed by atoms with E-state index in [-0.39, 0.29) is 16.6 Å². The van der Waals surface area contributed by atoms with Crippen molar-refractivity contribution in [1.29, 1.82) is 5.26 Å². The molecular formula is C21H10N4O2S3. The molecule has 144 valence electrons. The minimum Gasteiger partial charge on any atom is -0.360 e. The number of nitrogens with zero attached hydrogens (tertiary/aromatic N) is 3. The van der Waals surface area contributed by atoms with Crippen LogP contribution in [0, 0.1) is 11.3 Å². The normalized spacial score (nSPS) is 15.4. The predicted octanol–water partition coefficient (Wildman–Crippen LogP) is 4.78. The highest BCUT2D eigenvalue weighted by Gasteiger charge is 2.34. The number of hydrogen-bond donors (Lipinski definition) is 1. The van der Waals surface area contributed by atoms with Crippen molar-refractivity contribution in [3.05, 3.63) is 70.2 Å². The number of benzene rings is 2.